The number of fused-ring (bicyclic) bond motifs is 2. The number of carboxylic acid groups (broad SMARTS) is 1. The molecule has 4 rings (SSSR count). The summed E-state index contributed by atoms with van der Waals surface area (Å²) in [6.07, 6.45) is 1.63. The predicted molar refractivity (Wildman–Crippen MR) is 92.3 cm³/mol. The molecule has 0 unspecified atom stereocenters. The standard InChI is InChI=1S/C17H15N3O2S/c1-8(2)10-6-23-16-12(15(17(21)22)20-14(10)16)9-4-3-5-11-13(9)19-7-18-11/h3-8,20H,1-2H3,(H,18,19)(H,21,22). The van der Waals surface area contributed by atoms with Crippen LogP contribution in [-0.2, 0) is 0 Å². The van der Waals surface area contributed by atoms with Gasteiger partial charge in [0.15, 0.2) is 0 Å². The highest BCUT2D eigenvalue weighted by Gasteiger charge is 2.24. The molecular formula is C17H15N3O2S. The molecule has 6 heteroatoms. The van der Waals surface area contributed by atoms with Crippen LogP contribution in [0.2, 0.25) is 0 Å². The molecule has 0 aliphatic carbocycles. The van der Waals surface area contributed by atoms with Gasteiger partial charge in [-0.25, -0.2) is 9.78 Å². The Hall–Kier alpha value is -2.60. The van der Waals surface area contributed by atoms with Crippen molar-refractivity contribution in [3.63, 3.8) is 0 Å². The van der Waals surface area contributed by atoms with E-state index < -0.39 is 5.97 Å². The van der Waals surface area contributed by atoms with Gasteiger partial charge in [0.2, 0.25) is 0 Å². The normalized spacial score (nSPS) is 11.8. The SMILES string of the molecule is CC(C)c1csc2c(-c3cccc4nc[nH]c34)c(C(=O)O)[nH]c12. The molecule has 3 aromatic heterocycles. The van der Waals surface area contributed by atoms with Crippen LogP contribution in [0.4, 0.5) is 0 Å². The molecule has 0 aliphatic rings. The number of carbonyl (C=O) groups is 1. The number of thiophene rings is 1. The van der Waals surface area contributed by atoms with Gasteiger partial charge in [-0.05, 0) is 22.9 Å². The summed E-state index contributed by atoms with van der Waals surface area (Å²) in [5.41, 5.74) is 5.59. The first-order chi connectivity index (χ1) is 11.1. The maximum atomic E-state index is 11.8. The summed E-state index contributed by atoms with van der Waals surface area (Å²) < 4.78 is 0.980. The second-order valence-corrected chi connectivity index (χ2v) is 6.71. The fourth-order valence-corrected chi connectivity index (χ4v) is 4.25. The van der Waals surface area contributed by atoms with Crippen molar-refractivity contribution in [3.8, 4) is 11.1 Å². The lowest BCUT2D eigenvalue weighted by molar-refractivity contribution is 0.0692. The van der Waals surface area contributed by atoms with E-state index >= 15 is 0 Å². The number of hydrogen-bond donors (Lipinski definition) is 3. The second kappa shape index (κ2) is 4.96. The van der Waals surface area contributed by atoms with Gasteiger partial charge >= 0.3 is 5.97 Å². The topological polar surface area (TPSA) is 81.8 Å². The number of carboxylic acids is 1. The summed E-state index contributed by atoms with van der Waals surface area (Å²) in [6.45, 7) is 4.22. The number of aromatic nitrogens is 3. The number of hydrogen-bond acceptors (Lipinski definition) is 3. The van der Waals surface area contributed by atoms with Crippen molar-refractivity contribution < 1.29 is 9.90 Å². The molecule has 0 radical (unpaired) electrons. The van der Waals surface area contributed by atoms with Crippen LogP contribution in [0.25, 0.3) is 32.4 Å². The lowest BCUT2D eigenvalue weighted by atomic mass is 10.0. The third-order valence-electron chi connectivity index (χ3n) is 4.11. The molecule has 0 spiro atoms. The number of benzene rings is 1. The number of H-pyrrole nitrogens is 2. The first kappa shape index (κ1) is 14.0. The van der Waals surface area contributed by atoms with E-state index in [1.165, 1.54) is 0 Å². The maximum absolute atomic E-state index is 11.8. The molecule has 5 nitrogen and oxygen atoms in total. The van der Waals surface area contributed by atoms with Gasteiger partial charge in [-0.15, -0.1) is 11.3 Å². The number of aromatic amines is 2. The zero-order valence-corrected chi connectivity index (χ0v) is 13.5. The van der Waals surface area contributed by atoms with Gasteiger partial charge in [-0.1, -0.05) is 26.0 Å². The fourth-order valence-electron chi connectivity index (χ4n) is 3.00. The maximum Gasteiger partial charge on any atom is 0.353 e. The van der Waals surface area contributed by atoms with Crippen molar-refractivity contribution in [2.24, 2.45) is 0 Å². The van der Waals surface area contributed by atoms with Crippen LogP contribution in [0, 0.1) is 0 Å². The summed E-state index contributed by atoms with van der Waals surface area (Å²) >= 11 is 1.58. The van der Waals surface area contributed by atoms with Crippen LogP contribution in [0.5, 0.6) is 0 Å². The summed E-state index contributed by atoms with van der Waals surface area (Å²) in [5.74, 6) is -0.616. The van der Waals surface area contributed by atoms with Crippen molar-refractivity contribution in [3.05, 3.63) is 41.2 Å². The highest BCUT2D eigenvalue weighted by atomic mass is 32.1. The molecule has 0 amide bonds. The molecule has 3 heterocycles. The number of imidazole rings is 1. The molecule has 0 saturated heterocycles. The Morgan fingerprint density at radius 2 is 2.13 bits per heavy atom. The summed E-state index contributed by atoms with van der Waals surface area (Å²) in [7, 11) is 0. The third kappa shape index (κ3) is 1.98. The van der Waals surface area contributed by atoms with Crippen molar-refractivity contribution in [2.75, 3.05) is 0 Å². The van der Waals surface area contributed by atoms with Crippen LogP contribution in [0.3, 0.4) is 0 Å². The Balaban J connectivity index is 2.11. The van der Waals surface area contributed by atoms with Gasteiger partial charge in [-0.2, -0.15) is 0 Å². The molecule has 0 atom stereocenters. The first-order valence-electron chi connectivity index (χ1n) is 7.36. The smallest absolute Gasteiger partial charge is 0.353 e. The number of nitrogens with one attached hydrogen (secondary N) is 2. The van der Waals surface area contributed by atoms with E-state index in [4.69, 9.17) is 0 Å². The molecule has 4 aromatic rings. The summed E-state index contributed by atoms with van der Waals surface area (Å²) in [6, 6.07) is 5.75. The quantitative estimate of drug-likeness (QED) is 0.515. The van der Waals surface area contributed by atoms with Gasteiger partial charge in [0.25, 0.3) is 0 Å². The van der Waals surface area contributed by atoms with E-state index in [0.717, 1.165) is 37.9 Å². The molecule has 1 aromatic carbocycles. The molecule has 0 fully saturated rings. The second-order valence-electron chi connectivity index (χ2n) is 5.83. The monoisotopic (exact) mass is 325 g/mol. The lowest BCUT2D eigenvalue weighted by Crippen LogP contribution is -1.99. The number of rotatable bonds is 3. The van der Waals surface area contributed by atoms with Crippen LogP contribution in [0.1, 0.15) is 35.8 Å². The first-order valence-corrected chi connectivity index (χ1v) is 8.24. The number of para-hydroxylation sites is 1. The minimum absolute atomic E-state index is 0.232. The zero-order chi connectivity index (χ0) is 16.1. The minimum atomic E-state index is -0.949. The number of aromatic carboxylic acids is 1. The van der Waals surface area contributed by atoms with E-state index in [2.05, 4.69) is 34.2 Å². The van der Waals surface area contributed by atoms with Gasteiger partial charge in [-0.3, -0.25) is 0 Å². The van der Waals surface area contributed by atoms with Gasteiger partial charge in [0, 0.05) is 11.1 Å². The van der Waals surface area contributed by atoms with Crippen LogP contribution in [0.15, 0.2) is 29.9 Å². The zero-order valence-electron chi connectivity index (χ0n) is 12.7. The van der Waals surface area contributed by atoms with Crippen LogP contribution < -0.4 is 0 Å². The Morgan fingerprint density at radius 3 is 2.87 bits per heavy atom. The molecule has 0 aliphatic heterocycles. The third-order valence-corrected chi connectivity index (χ3v) is 5.12. The minimum Gasteiger partial charge on any atom is -0.477 e. The number of nitrogens with zero attached hydrogens (tertiary/aromatic N) is 1. The fraction of sp³-hybridized carbons (Fsp3) is 0.176. The highest BCUT2D eigenvalue weighted by molar-refractivity contribution is 7.18. The summed E-state index contributed by atoms with van der Waals surface area (Å²) in [4.78, 5) is 22.3. The van der Waals surface area contributed by atoms with E-state index in [0.29, 0.717) is 5.92 Å². The highest BCUT2D eigenvalue weighted by Crippen LogP contribution is 2.41. The van der Waals surface area contributed by atoms with Crippen LogP contribution in [-0.4, -0.2) is 26.0 Å². The molecule has 0 saturated carbocycles. The van der Waals surface area contributed by atoms with Gasteiger partial charge < -0.3 is 15.1 Å². The molecule has 3 N–H and O–H groups in total. The van der Waals surface area contributed by atoms with Gasteiger partial charge in [0.1, 0.15) is 5.69 Å². The Morgan fingerprint density at radius 1 is 1.30 bits per heavy atom. The predicted octanol–water partition coefficient (Wildman–Crippen LogP) is 4.59. The molecule has 0 bridgehead atoms. The average Bonchev–Trinajstić information content (AvgIpc) is 3.20. The van der Waals surface area contributed by atoms with Crippen molar-refractivity contribution >= 4 is 38.6 Å². The average molecular weight is 325 g/mol. The van der Waals surface area contributed by atoms with Crippen LogP contribution >= 0.6 is 11.3 Å². The van der Waals surface area contributed by atoms with Crippen molar-refractivity contribution in [1.29, 1.82) is 0 Å². The van der Waals surface area contributed by atoms with E-state index in [-0.39, 0.29) is 5.69 Å². The van der Waals surface area contributed by atoms with E-state index in [1.54, 1.807) is 17.7 Å². The molecule has 116 valence electrons. The molecule has 23 heavy (non-hydrogen) atoms. The van der Waals surface area contributed by atoms with E-state index in [9.17, 15) is 9.90 Å². The largest absolute Gasteiger partial charge is 0.477 e. The Bertz CT molecular complexity index is 1040. The lowest BCUT2D eigenvalue weighted by Gasteiger charge is -2.03. The van der Waals surface area contributed by atoms with Gasteiger partial charge in [0.05, 0.1) is 27.6 Å². The van der Waals surface area contributed by atoms with E-state index in [1.807, 2.05) is 18.2 Å². The Kier molecular flexibility index (Phi) is 3.02. The van der Waals surface area contributed by atoms with Crippen molar-refractivity contribution in [2.45, 2.75) is 19.8 Å². The molecular weight excluding hydrogens is 310 g/mol. The summed E-state index contributed by atoms with van der Waals surface area (Å²) in [5, 5.41) is 11.8. The Labute approximate surface area is 136 Å². The van der Waals surface area contributed by atoms with Crippen molar-refractivity contribution in [1.82, 2.24) is 15.0 Å².